The minimum atomic E-state index is 0.00597. The summed E-state index contributed by atoms with van der Waals surface area (Å²) in [6.07, 6.45) is 4.58. The maximum absolute atomic E-state index is 12.2. The van der Waals surface area contributed by atoms with Crippen LogP contribution < -0.4 is 15.5 Å². The van der Waals surface area contributed by atoms with Gasteiger partial charge in [0.05, 0.1) is 18.9 Å². The summed E-state index contributed by atoms with van der Waals surface area (Å²) in [5, 5.41) is 6.29. The molecule has 1 atom stereocenters. The second kappa shape index (κ2) is 6.87. The summed E-state index contributed by atoms with van der Waals surface area (Å²) in [5.41, 5.74) is 0.807. The lowest BCUT2D eigenvalue weighted by molar-refractivity contribution is -0.117. The summed E-state index contributed by atoms with van der Waals surface area (Å²) >= 11 is 0. The molecule has 1 unspecified atom stereocenters. The van der Waals surface area contributed by atoms with E-state index in [1.54, 1.807) is 6.20 Å². The van der Waals surface area contributed by atoms with E-state index in [-0.39, 0.29) is 11.9 Å². The summed E-state index contributed by atoms with van der Waals surface area (Å²) in [4.78, 5) is 18.9. The summed E-state index contributed by atoms with van der Waals surface area (Å²) < 4.78 is 5.38. The van der Waals surface area contributed by atoms with E-state index in [9.17, 15) is 4.79 Å². The minimum Gasteiger partial charge on any atom is -0.378 e. The van der Waals surface area contributed by atoms with Crippen molar-refractivity contribution < 1.29 is 9.53 Å². The Morgan fingerprint density at radius 3 is 3.10 bits per heavy atom. The Labute approximate surface area is 124 Å². The highest BCUT2D eigenvalue weighted by Gasteiger charge is 2.20. The van der Waals surface area contributed by atoms with Gasteiger partial charge in [-0.15, -0.1) is 0 Å². The third kappa shape index (κ3) is 3.71. The number of morpholine rings is 1. The van der Waals surface area contributed by atoms with Crippen LogP contribution in [0.2, 0.25) is 0 Å². The van der Waals surface area contributed by atoms with Crippen molar-refractivity contribution in [2.24, 2.45) is 0 Å². The molecule has 0 saturated carbocycles. The first kappa shape index (κ1) is 14.3. The van der Waals surface area contributed by atoms with Crippen LogP contribution in [0.3, 0.4) is 0 Å². The molecule has 114 valence electrons. The lowest BCUT2D eigenvalue weighted by atomic mass is 10.2. The van der Waals surface area contributed by atoms with Gasteiger partial charge in [0.1, 0.15) is 0 Å². The van der Waals surface area contributed by atoms with Gasteiger partial charge in [-0.1, -0.05) is 0 Å². The Morgan fingerprint density at radius 1 is 1.48 bits per heavy atom. The van der Waals surface area contributed by atoms with Crippen molar-refractivity contribution in [1.82, 2.24) is 10.3 Å². The standard InChI is InChI=1S/C15H22N4O2/c20-14(10-12-11-21-9-6-16-12)18-13-4-3-5-17-15(13)19-7-1-2-8-19/h3-5,12,16H,1-2,6-11H2,(H,18,20). The average molecular weight is 290 g/mol. The predicted octanol–water partition coefficient (Wildman–Crippen LogP) is 0.999. The van der Waals surface area contributed by atoms with Gasteiger partial charge in [-0.05, 0) is 25.0 Å². The number of hydrogen-bond acceptors (Lipinski definition) is 5. The fourth-order valence-electron chi connectivity index (χ4n) is 2.85. The zero-order valence-electron chi connectivity index (χ0n) is 12.2. The predicted molar refractivity (Wildman–Crippen MR) is 81.5 cm³/mol. The molecule has 0 radical (unpaired) electrons. The van der Waals surface area contributed by atoms with E-state index in [1.807, 2.05) is 12.1 Å². The molecule has 2 fully saturated rings. The van der Waals surface area contributed by atoms with Crippen LogP contribution in [0.25, 0.3) is 0 Å². The maximum Gasteiger partial charge on any atom is 0.226 e. The summed E-state index contributed by atoms with van der Waals surface area (Å²) in [7, 11) is 0. The monoisotopic (exact) mass is 290 g/mol. The molecule has 6 heteroatoms. The molecule has 0 spiro atoms. The van der Waals surface area contributed by atoms with Gasteiger partial charge < -0.3 is 20.3 Å². The van der Waals surface area contributed by atoms with Crippen molar-refractivity contribution in [2.45, 2.75) is 25.3 Å². The Bertz CT molecular complexity index is 482. The first-order valence-corrected chi connectivity index (χ1v) is 7.64. The number of carbonyl (C=O) groups excluding carboxylic acids is 1. The van der Waals surface area contributed by atoms with E-state index >= 15 is 0 Å². The fraction of sp³-hybridized carbons (Fsp3) is 0.600. The van der Waals surface area contributed by atoms with Crippen LogP contribution in [0.1, 0.15) is 19.3 Å². The number of aromatic nitrogens is 1. The van der Waals surface area contributed by atoms with Gasteiger partial charge in [0.25, 0.3) is 0 Å². The molecule has 3 heterocycles. The van der Waals surface area contributed by atoms with Gasteiger partial charge in [0, 0.05) is 38.3 Å². The van der Waals surface area contributed by atoms with Crippen molar-refractivity contribution in [3.63, 3.8) is 0 Å². The van der Waals surface area contributed by atoms with Crippen LogP contribution in [0.15, 0.2) is 18.3 Å². The van der Waals surface area contributed by atoms with Crippen LogP contribution in [0.5, 0.6) is 0 Å². The first-order chi connectivity index (χ1) is 10.3. The SMILES string of the molecule is O=C(CC1COCCN1)Nc1cccnc1N1CCCC1. The van der Waals surface area contributed by atoms with Gasteiger partial charge in [-0.25, -0.2) is 4.98 Å². The van der Waals surface area contributed by atoms with E-state index in [1.165, 1.54) is 12.8 Å². The van der Waals surface area contributed by atoms with Crippen molar-refractivity contribution in [2.75, 3.05) is 43.1 Å². The molecule has 1 aromatic rings. The number of anilines is 2. The van der Waals surface area contributed by atoms with Crippen molar-refractivity contribution >= 4 is 17.4 Å². The van der Waals surface area contributed by atoms with E-state index < -0.39 is 0 Å². The third-order valence-electron chi connectivity index (χ3n) is 3.90. The molecule has 2 aliphatic heterocycles. The molecule has 0 bridgehead atoms. The number of carbonyl (C=O) groups is 1. The van der Waals surface area contributed by atoms with Crippen molar-refractivity contribution in [3.05, 3.63) is 18.3 Å². The second-order valence-electron chi connectivity index (χ2n) is 5.55. The van der Waals surface area contributed by atoms with Crippen LogP contribution >= 0.6 is 0 Å². The number of ether oxygens (including phenoxy) is 1. The highest BCUT2D eigenvalue weighted by atomic mass is 16.5. The Kier molecular flexibility index (Phi) is 4.67. The Balaban J connectivity index is 1.62. The fourth-order valence-corrected chi connectivity index (χ4v) is 2.85. The Morgan fingerprint density at radius 2 is 2.33 bits per heavy atom. The van der Waals surface area contributed by atoms with Crippen LogP contribution in [-0.4, -0.2) is 49.8 Å². The van der Waals surface area contributed by atoms with Gasteiger partial charge in [-0.2, -0.15) is 0 Å². The number of nitrogens with one attached hydrogen (secondary N) is 2. The zero-order valence-corrected chi connectivity index (χ0v) is 12.2. The Hall–Kier alpha value is -1.66. The summed E-state index contributed by atoms with van der Waals surface area (Å²) in [5.74, 6) is 0.891. The highest BCUT2D eigenvalue weighted by Crippen LogP contribution is 2.26. The molecule has 6 nitrogen and oxygen atoms in total. The van der Waals surface area contributed by atoms with E-state index in [0.29, 0.717) is 13.0 Å². The van der Waals surface area contributed by atoms with Gasteiger partial charge >= 0.3 is 0 Å². The van der Waals surface area contributed by atoms with Gasteiger partial charge in [0.15, 0.2) is 5.82 Å². The minimum absolute atomic E-state index is 0.00597. The molecule has 2 aliphatic rings. The third-order valence-corrected chi connectivity index (χ3v) is 3.90. The quantitative estimate of drug-likeness (QED) is 0.866. The van der Waals surface area contributed by atoms with Crippen LogP contribution in [0.4, 0.5) is 11.5 Å². The molecule has 2 N–H and O–H groups in total. The molecule has 2 saturated heterocycles. The number of pyridine rings is 1. The number of rotatable bonds is 4. The maximum atomic E-state index is 12.2. The van der Waals surface area contributed by atoms with E-state index in [2.05, 4.69) is 20.5 Å². The molecule has 21 heavy (non-hydrogen) atoms. The summed E-state index contributed by atoms with van der Waals surface area (Å²) in [6.45, 7) is 4.15. The molecule has 0 aliphatic carbocycles. The lowest BCUT2D eigenvalue weighted by Gasteiger charge is -2.24. The largest absolute Gasteiger partial charge is 0.378 e. The summed E-state index contributed by atoms with van der Waals surface area (Å²) in [6, 6.07) is 3.88. The second-order valence-corrected chi connectivity index (χ2v) is 5.55. The van der Waals surface area contributed by atoms with Crippen LogP contribution in [0, 0.1) is 0 Å². The number of hydrogen-bond donors (Lipinski definition) is 2. The molecular formula is C15H22N4O2. The molecule has 3 rings (SSSR count). The molecular weight excluding hydrogens is 268 g/mol. The molecule has 0 aromatic carbocycles. The topological polar surface area (TPSA) is 66.5 Å². The first-order valence-electron chi connectivity index (χ1n) is 7.64. The van der Waals surface area contributed by atoms with Crippen molar-refractivity contribution in [1.29, 1.82) is 0 Å². The lowest BCUT2D eigenvalue weighted by Crippen LogP contribution is -2.43. The smallest absolute Gasteiger partial charge is 0.226 e. The van der Waals surface area contributed by atoms with E-state index in [0.717, 1.165) is 37.7 Å². The number of nitrogens with zero attached hydrogens (tertiary/aromatic N) is 2. The zero-order chi connectivity index (χ0) is 14.5. The highest BCUT2D eigenvalue weighted by molar-refractivity contribution is 5.94. The van der Waals surface area contributed by atoms with Gasteiger partial charge in [0.2, 0.25) is 5.91 Å². The average Bonchev–Trinajstić information content (AvgIpc) is 3.03. The molecule has 1 aromatic heterocycles. The van der Waals surface area contributed by atoms with E-state index in [4.69, 9.17) is 4.74 Å². The van der Waals surface area contributed by atoms with Crippen LogP contribution in [-0.2, 0) is 9.53 Å². The van der Waals surface area contributed by atoms with Crippen molar-refractivity contribution in [3.8, 4) is 0 Å². The van der Waals surface area contributed by atoms with Gasteiger partial charge in [-0.3, -0.25) is 4.79 Å². The number of amides is 1. The normalized spacial score (nSPS) is 22.3. The molecule has 1 amide bonds.